The Balaban J connectivity index is 1.34. The number of nitrogens with zero attached hydrogens (tertiary/aromatic N) is 5. The smallest absolute Gasteiger partial charge is 0.418 e. The fourth-order valence-electron chi connectivity index (χ4n) is 7.99. The summed E-state index contributed by atoms with van der Waals surface area (Å²) in [5.74, 6) is -0.660. The van der Waals surface area contributed by atoms with Crippen molar-refractivity contribution in [3.8, 4) is 17.3 Å². The zero-order valence-electron chi connectivity index (χ0n) is 24.8. The second-order valence-electron chi connectivity index (χ2n) is 13.2. The number of hydrogen-bond acceptors (Lipinski definition) is 8. The number of anilines is 2. The number of fused-ring (bicyclic) bond motifs is 4. The molecule has 4 fully saturated rings. The van der Waals surface area contributed by atoms with Gasteiger partial charge in [0.05, 0.1) is 16.8 Å². The van der Waals surface area contributed by atoms with Gasteiger partial charge in [-0.2, -0.15) is 23.1 Å². The Morgan fingerprint density at radius 3 is 2.70 bits per heavy atom. The molecule has 4 saturated heterocycles. The second-order valence-corrected chi connectivity index (χ2v) is 13.2. The number of hydrogen-bond donors (Lipinski definition) is 2. The summed E-state index contributed by atoms with van der Waals surface area (Å²) in [6, 6.07) is 4.50. The fourth-order valence-corrected chi connectivity index (χ4v) is 7.99. The number of alkyl halides is 4. The molecule has 0 amide bonds. The molecule has 4 aliphatic rings. The molecule has 2 bridgehead atoms. The van der Waals surface area contributed by atoms with Crippen LogP contribution in [0.3, 0.4) is 0 Å². The minimum atomic E-state index is -4.79. The van der Waals surface area contributed by atoms with Crippen LogP contribution in [0, 0.1) is 12.7 Å². The SMILES string of the molecule is Cc1cc(N)nc(-c2ccc3c(N4CC[C@H]5CC[C@@H](C4)N5)nc(OCC45CCCN4CC(C)(F)C5)nc3c2F)c1C(F)(F)F. The normalized spacial score (nSPS) is 28.9. The van der Waals surface area contributed by atoms with E-state index in [1.54, 1.807) is 13.0 Å². The van der Waals surface area contributed by atoms with Gasteiger partial charge in [-0.3, -0.25) is 4.90 Å². The first-order valence-corrected chi connectivity index (χ1v) is 15.2. The van der Waals surface area contributed by atoms with Gasteiger partial charge in [-0.1, -0.05) is 0 Å². The number of benzene rings is 1. The van der Waals surface area contributed by atoms with Crippen LogP contribution < -0.4 is 20.7 Å². The summed E-state index contributed by atoms with van der Waals surface area (Å²) in [7, 11) is 0. The molecule has 2 unspecified atom stereocenters. The fraction of sp³-hybridized carbons (Fsp3) is 0.581. The molecule has 7 rings (SSSR count). The lowest BCUT2D eigenvalue weighted by Crippen LogP contribution is -2.43. The van der Waals surface area contributed by atoms with Crippen LogP contribution in [0.1, 0.15) is 56.6 Å². The molecule has 0 spiro atoms. The summed E-state index contributed by atoms with van der Waals surface area (Å²) < 4.78 is 80.3. The van der Waals surface area contributed by atoms with Gasteiger partial charge in [-0.05, 0) is 76.3 Å². The minimum absolute atomic E-state index is 0.0904. The van der Waals surface area contributed by atoms with Crippen LogP contribution in [0.4, 0.5) is 33.6 Å². The number of aryl methyl sites for hydroxylation is 1. The summed E-state index contributed by atoms with van der Waals surface area (Å²) >= 11 is 0. The molecule has 4 atom stereocenters. The van der Waals surface area contributed by atoms with Gasteiger partial charge >= 0.3 is 12.2 Å². The van der Waals surface area contributed by atoms with E-state index in [2.05, 4.69) is 25.1 Å². The molecule has 3 aromatic rings. The number of pyridine rings is 1. The third-order valence-electron chi connectivity index (χ3n) is 9.79. The molecule has 4 aliphatic heterocycles. The Kier molecular flexibility index (Phi) is 6.92. The quantitative estimate of drug-likeness (QED) is 0.367. The average Bonchev–Trinajstić information content (AvgIpc) is 3.54. The molecule has 6 heterocycles. The van der Waals surface area contributed by atoms with Gasteiger partial charge < -0.3 is 20.7 Å². The molecule has 8 nitrogen and oxygen atoms in total. The highest BCUT2D eigenvalue weighted by atomic mass is 19.4. The average molecular weight is 618 g/mol. The minimum Gasteiger partial charge on any atom is -0.461 e. The van der Waals surface area contributed by atoms with Crippen LogP contribution >= 0.6 is 0 Å². The molecule has 236 valence electrons. The van der Waals surface area contributed by atoms with Crippen LogP contribution in [-0.4, -0.2) is 75.9 Å². The number of nitrogen functional groups attached to an aromatic ring is 1. The molecular formula is C31H36F5N7O. The molecular weight excluding hydrogens is 581 g/mol. The van der Waals surface area contributed by atoms with Gasteiger partial charge in [0, 0.05) is 49.1 Å². The van der Waals surface area contributed by atoms with Crippen molar-refractivity contribution >= 4 is 22.5 Å². The Morgan fingerprint density at radius 1 is 1.11 bits per heavy atom. The zero-order valence-corrected chi connectivity index (χ0v) is 24.8. The van der Waals surface area contributed by atoms with Crippen LogP contribution in [0.15, 0.2) is 18.2 Å². The topological polar surface area (TPSA) is 92.4 Å². The lowest BCUT2D eigenvalue weighted by molar-refractivity contribution is -0.137. The summed E-state index contributed by atoms with van der Waals surface area (Å²) in [4.78, 5) is 17.3. The van der Waals surface area contributed by atoms with E-state index >= 15 is 8.78 Å². The second kappa shape index (κ2) is 10.4. The number of aromatic nitrogens is 3. The Bertz CT molecular complexity index is 1610. The van der Waals surface area contributed by atoms with E-state index in [1.807, 2.05) is 0 Å². The van der Waals surface area contributed by atoms with Gasteiger partial charge in [0.1, 0.15) is 29.4 Å². The molecule has 44 heavy (non-hydrogen) atoms. The van der Waals surface area contributed by atoms with E-state index in [-0.39, 0.29) is 41.1 Å². The van der Waals surface area contributed by atoms with Crippen molar-refractivity contribution in [1.82, 2.24) is 25.2 Å². The zero-order chi connectivity index (χ0) is 31.0. The highest BCUT2D eigenvalue weighted by Crippen LogP contribution is 2.46. The molecule has 3 N–H and O–H groups in total. The number of nitrogens with one attached hydrogen (secondary N) is 1. The van der Waals surface area contributed by atoms with Gasteiger partial charge in [0.2, 0.25) is 0 Å². The van der Waals surface area contributed by atoms with E-state index in [9.17, 15) is 13.2 Å². The predicted octanol–water partition coefficient (Wildman–Crippen LogP) is 5.42. The van der Waals surface area contributed by atoms with Crippen molar-refractivity contribution in [3.05, 3.63) is 35.1 Å². The van der Waals surface area contributed by atoms with Crippen LogP contribution in [0.2, 0.25) is 0 Å². The number of nitrogens with two attached hydrogens (primary N) is 1. The lowest BCUT2D eigenvalue weighted by atomic mass is 9.90. The van der Waals surface area contributed by atoms with Crippen molar-refractivity contribution in [2.45, 2.75) is 81.8 Å². The van der Waals surface area contributed by atoms with E-state index in [0.717, 1.165) is 44.7 Å². The Hall–Kier alpha value is -3.32. The van der Waals surface area contributed by atoms with Gasteiger partial charge in [0.25, 0.3) is 0 Å². The molecule has 0 radical (unpaired) electrons. The lowest BCUT2D eigenvalue weighted by Gasteiger charge is -2.31. The van der Waals surface area contributed by atoms with Gasteiger partial charge in [-0.15, -0.1) is 0 Å². The molecule has 13 heteroatoms. The maximum absolute atomic E-state index is 16.5. The highest BCUT2D eigenvalue weighted by Gasteiger charge is 2.54. The monoisotopic (exact) mass is 617 g/mol. The van der Waals surface area contributed by atoms with Crippen molar-refractivity contribution in [1.29, 1.82) is 0 Å². The summed E-state index contributed by atoms with van der Waals surface area (Å²) in [5, 5.41) is 3.99. The maximum Gasteiger partial charge on any atom is 0.418 e. The Morgan fingerprint density at radius 2 is 1.91 bits per heavy atom. The number of ether oxygens (including phenoxy) is 1. The number of halogens is 5. The van der Waals surface area contributed by atoms with Crippen LogP contribution in [-0.2, 0) is 6.18 Å². The van der Waals surface area contributed by atoms with Crippen LogP contribution in [0.25, 0.3) is 22.2 Å². The van der Waals surface area contributed by atoms with Gasteiger partial charge in [-0.25, -0.2) is 13.8 Å². The molecule has 0 saturated carbocycles. The summed E-state index contributed by atoms with van der Waals surface area (Å²) in [5.41, 5.74) is 1.63. The van der Waals surface area contributed by atoms with E-state index < -0.39 is 34.5 Å². The van der Waals surface area contributed by atoms with E-state index in [0.29, 0.717) is 43.3 Å². The molecule has 1 aromatic carbocycles. The molecule has 2 aromatic heterocycles. The third kappa shape index (κ3) is 5.11. The van der Waals surface area contributed by atoms with Gasteiger partial charge in [0.15, 0.2) is 5.82 Å². The third-order valence-corrected chi connectivity index (χ3v) is 9.79. The molecule has 0 aliphatic carbocycles. The van der Waals surface area contributed by atoms with E-state index in [1.165, 1.54) is 13.0 Å². The highest BCUT2D eigenvalue weighted by molar-refractivity contribution is 5.93. The number of rotatable bonds is 5. The van der Waals surface area contributed by atoms with E-state index in [4.69, 9.17) is 15.5 Å². The van der Waals surface area contributed by atoms with Crippen molar-refractivity contribution in [3.63, 3.8) is 0 Å². The summed E-state index contributed by atoms with van der Waals surface area (Å²) in [6.45, 7) is 5.37. The first kappa shape index (κ1) is 29.4. The predicted molar refractivity (Wildman–Crippen MR) is 157 cm³/mol. The first-order valence-electron chi connectivity index (χ1n) is 15.2. The first-order chi connectivity index (χ1) is 20.8. The van der Waals surface area contributed by atoms with Crippen LogP contribution in [0.5, 0.6) is 6.01 Å². The summed E-state index contributed by atoms with van der Waals surface area (Å²) in [6.07, 6.45) is 0.159. The van der Waals surface area contributed by atoms with Crippen molar-refractivity contribution in [2.75, 3.05) is 43.4 Å². The van der Waals surface area contributed by atoms with Crippen molar-refractivity contribution < 1.29 is 26.7 Å². The van der Waals surface area contributed by atoms with Crippen molar-refractivity contribution in [2.24, 2.45) is 0 Å². The standard InChI is InChI=1S/C31H36F5N7O/c1-17-12-22(37)39-25(23(17)31(34,35)36)20-6-7-21-26(24(20)32)40-28(41-27(21)42-11-8-18-4-5-19(13-42)38-18)44-16-30-9-3-10-43(30)15-29(2,33)14-30/h6-7,12,18-19,38H,3-5,8-11,13-16H2,1-2H3,(H2,37,39)/t18-,19+,29?,30?/m1/s1. The Labute approximate surface area is 252 Å². The largest absolute Gasteiger partial charge is 0.461 e. The maximum atomic E-state index is 16.5.